The molecule has 0 aromatic rings. The molecular weight excluding hydrogens is 469 g/mol. The number of hydrogen-bond acceptors (Lipinski definition) is 4. The van der Waals surface area contributed by atoms with Gasteiger partial charge in [0.25, 0.3) is 0 Å². The summed E-state index contributed by atoms with van der Waals surface area (Å²) in [6.07, 6.45) is 4.57. The lowest BCUT2D eigenvalue weighted by Gasteiger charge is -2.55. The van der Waals surface area contributed by atoms with Gasteiger partial charge < -0.3 is 20.7 Å². The van der Waals surface area contributed by atoms with E-state index in [1.54, 1.807) is 0 Å². The molecule has 1 amide bonds. The summed E-state index contributed by atoms with van der Waals surface area (Å²) in [7, 11) is 1.84. The van der Waals surface area contributed by atoms with Crippen molar-refractivity contribution >= 4 is 35.8 Å². The molecule has 3 unspecified atom stereocenters. The molecule has 3 rings (SSSR count). The number of amides is 1. The Hall–Kier alpha value is -0.610. The summed E-state index contributed by atoms with van der Waals surface area (Å²) in [5.74, 6) is 1.64. The first kappa shape index (κ1) is 23.7. The first-order valence-electron chi connectivity index (χ1n) is 10.6. The fourth-order valence-electron chi connectivity index (χ4n) is 4.89. The minimum Gasteiger partial charge on any atom is -0.377 e. The summed E-state index contributed by atoms with van der Waals surface area (Å²) in [6, 6.07) is 0.823. The van der Waals surface area contributed by atoms with Crippen LogP contribution in [0.1, 0.15) is 46.5 Å². The van der Waals surface area contributed by atoms with E-state index in [1.165, 1.54) is 0 Å². The van der Waals surface area contributed by atoms with E-state index in [-0.39, 0.29) is 35.3 Å². The van der Waals surface area contributed by atoms with Crippen LogP contribution in [0, 0.1) is 11.3 Å². The largest absolute Gasteiger partial charge is 0.377 e. The van der Waals surface area contributed by atoms with Gasteiger partial charge in [-0.05, 0) is 25.7 Å². The fraction of sp³-hybridized carbons (Fsp3) is 0.900. The maximum Gasteiger partial charge on any atom is 0.234 e. The number of ether oxygens (including phenoxy) is 1. The van der Waals surface area contributed by atoms with E-state index < -0.39 is 0 Å². The number of guanidine groups is 1. The third-order valence-electron chi connectivity index (χ3n) is 6.48. The van der Waals surface area contributed by atoms with Crippen LogP contribution in [0.25, 0.3) is 0 Å². The Bertz CT molecular complexity index is 549. The standard InChI is InChI=1S/C20H37N5O2.HI/c1-5-9-22-16(26)13-25-10-6-14(7-11-25)23-19(21-4)24-17-15-8-12-27-18(15)20(17,2)3;/h14-15,17-18H,5-13H2,1-4H3,(H,22,26)(H2,21,23,24);1H. The van der Waals surface area contributed by atoms with Crippen molar-refractivity contribution in [1.29, 1.82) is 0 Å². The zero-order valence-electron chi connectivity index (χ0n) is 17.8. The minimum absolute atomic E-state index is 0. The molecule has 0 aromatic heterocycles. The van der Waals surface area contributed by atoms with Crippen LogP contribution < -0.4 is 16.0 Å². The average molecular weight is 507 g/mol. The smallest absolute Gasteiger partial charge is 0.234 e. The summed E-state index contributed by atoms with van der Waals surface area (Å²) in [5, 5.41) is 10.2. The Balaban J connectivity index is 0.00000280. The van der Waals surface area contributed by atoms with Gasteiger partial charge in [0.15, 0.2) is 5.96 Å². The Morgan fingerprint density at radius 2 is 1.93 bits per heavy atom. The SMILES string of the molecule is CCCNC(=O)CN1CCC(NC(=NC)NC2C3CCOC3C2(C)C)CC1.I. The van der Waals surface area contributed by atoms with Crippen LogP contribution in [0.3, 0.4) is 0 Å². The molecule has 3 N–H and O–H groups in total. The molecule has 1 aliphatic carbocycles. The highest BCUT2D eigenvalue weighted by Gasteiger charge is 2.59. The number of carbonyl (C=O) groups is 1. The Kier molecular flexibility index (Phi) is 8.81. The van der Waals surface area contributed by atoms with E-state index in [1.807, 2.05) is 7.05 Å². The van der Waals surface area contributed by atoms with Gasteiger partial charge in [-0.15, -0.1) is 24.0 Å². The highest BCUT2D eigenvalue weighted by molar-refractivity contribution is 14.0. The Morgan fingerprint density at radius 3 is 2.57 bits per heavy atom. The van der Waals surface area contributed by atoms with Gasteiger partial charge in [0.1, 0.15) is 0 Å². The van der Waals surface area contributed by atoms with Gasteiger partial charge in [0.2, 0.25) is 5.91 Å². The van der Waals surface area contributed by atoms with Gasteiger partial charge in [-0.1, -0.05) is 20.8 Å². The summed E-state index contributed by atoms with van der Waals surface area (Å²) in [5.41, 5.74) is 0.147. The Morgan fingerprint density at radius 1 is 1.21 bits per heavy atom. The van der Waals surface area contributed by atoms with E-state index in [4.69, 9.17) is 4.74 Å². The molecule has 3 atom stereocenters. The van der Waals surface area contributed by atoms with Crippen molar-refractivity contribution in [2.24, 2.45) is 16.3 Å². The molecule has 0 spiro atoms. The zero-order valence-corrected chi connectivity index (χ0v) is 20.1. The monoisotopic (exact) mass is 507 g/mol. The number of piperidine rings is 1. The average Bonchev–Trinajstić information content (AvgIpc) is 3.12. The number of carbonyl (C=O) groups excluding carboxylic acids is 1. The molecule has 8 heteroatoms. The van der Waals surface area contributed by atoms with Crippen molar-refractivity contribution in [1.82, 2.24) is 20.9 Å². The summed E-state index contributed by atoms with van der Waals surface area (Å²) >= 11 is 0. The molecule has 0 bridgehead atoms. The number of rotatable bonds is 6. The van der Waals surface area contributed by atoms with Crippen molar-refractivity contribution < 1.29 is 9.53 Å². The highest BCUT2D eigenvalue weighted by atomic mass is 127. The molecule has 3 fully saturated rings. The van der Waals surface area contributed by atoms with Crippen LogP contribution >= 0.6 is 24.0 Å². The van der Waals surface area contributed by atoms with Crippen LogP contribution in [0.4, 0.5) is 0 Å². The van der Waals surface area contributed by atoms with Crippen LogP contribution in [0.2, 0.25) is 0 Å². The van der Waals surface area contributed by atoms with E-state index >= 15 is 0 Å². The maximum atomic E-state index is 11.9. The number of aliphatic imine (C=N–C) groups is 1. The van der Waals surface area contributed by atoms with E-state index in [2.05, 4.69) is 46.6 Å². The second kappa shape index (κ2) is 10.4. The lowest BCUT2D eigenvalue weighted by Crippen LogP contribution is -2.68. The number of fused-ring (bicyclic) bond motifs is 1. The first-order valence-corrected chi connectivity index (χ1v) is 10.6. The number of nitrogens with one attached hydrogen (secondary N) is 3. The minimum atomic E-state index is 0. The maximum absolute atomic E-state index is 11.9. The second-order valence-electron chi connectivity index (χ2n) is 8.80. The van der Waals surface area contributed by atoms with Crippen LogP contribution in [-0.4, -0.2) is 74.8 Å². The third-order valence-corrected chi connectivity index (χ3v) is 6.48. The molecule has 1 saturated carbocycles. The predicted molar refractivity (Wildman–Crippen MR) is 123 cm³/mol. The van der Waals surface area contributed by atoms with Crippen molar-refractivity contribution in [3.63, 3.8) is 0 Å². The quantitative estimate of drug-likeness (QED) is 0.289. The molecule has 3 aliphatic rings. The molecule has 0 aromatic carbocycles. The van der Waals surface area contributed by atoms with Gasteiger partial charge in [-0.3, -0.25) is 14.7 Å². The summed E-state index contributed by atoms with van der Waals surface area (Å²) in [4.78, 5) is 18.6. The lowest BCUT2D eigenvalue weighted by molar-refractivity contribution is -0.122. The predicted octanol–water partition coefficient (Wildman–Crippen LogP) is 1.57. The lowest BCUT2D eigenvalue weighted by atomic mass is 9.57. The molecule has 162 valence electrons. The molecule has 0 radical (unpaired) electrons. The van der Waals surface area contributed by atoms with Crippen molar-refractivity contribution in [2.45, 2.75) is 64.6 Å². The Labute approximate surface area is 186 Å². The number of hydrogen-bond donors (Lipinski definition) is 3. The second-order valence-corrected chi connectivity index (χ2v) is 8.80. The number of likely N-dealkylation sites (tertiary alicyclic amines) is 1. The van der Waals surface area contributed by atoms with Gasteiger partial charge in [0, 0.05) is 56.7 Å². The van der Waals surface area contributed by atoms with Gasteiger partial charge in [-0.2, -0.15) is 0 Å². The first-order chi connectivity index (χ1) is 13.0. The van der Waals surface area contributed by atoms with Crippen LogP contribution in [0.15, 0.2) is 4.99 Å². The van der Waals surface area contributed by atoms with Crippen molar-refractivity contribution in [3.05, 3.63) is 0 Å². The molecule has 28 heavy (non-hydrogen) atoms. The molecule has 2 aliphatic heterocycles. The summed E-state index contributed by atoms with van der Waals surface area (Å²) < 4.78 is 5.89. The van der Waals surface area contributed by atoms with Crippen LogP contribution in [-0.2, 0) is 9.53 Å². The fourth-order valence-corrected chi connectivity index (χ4v) is 4.89. The molecule has 2 saturated heterocycles. The highest BCUT2D eigenvalue weighted by Crippen LogP contribution is 2.52. The normalized spacial score (nSPS) is 30.0. The van der Waals surface area contributed by atoms with Crippen molar-refractivity contribution in [2.75, 3.05) is 39.8 Å². The van der Waals surface area contributed by atoms with Gasteiger partial charge in [-0.25, -0.2) is 0 Å². The molecular formula is C20H38IN5O2. The van der Waals surface area contributed by atoms with Gasteiger partial charge in [0.05, 0.1) is 12.6 Å². The molecule has 2 heterocycles. The number of nitrogens with zero attached hydrogens (tertiary/aromatic N) is 2. The zero-order chi connectivity index (χ0) is 19.4. The van der Waals surface area contributed by atoms with E-state index in [9.17, 15) is 4.79 Å². The number of halogens is 1. The molecule has 7 nitrogen and oxygen atoms in total. The third kappa shape index (κ3) is 5.30. The van der Waals surface area contributed by atoms with Crippen molar-refractivity contribution in [3.8, 4) is 0 Å². The van der Waals surface area contributed by atoms with E-state index in [0.29, 0.717) is 30.7 Å². The topological polar surface area (TPSA) is 78.0 Å². The van der Waals surface area contributed by atoms with E-state index in [0.717, 1.165) is 57.9 Å². The van der Waals surface area contributed by atoms with Crippen LogP contribution in [0.5, 0.6) is 0 Å². The van der Waals surface area contributed by atoms with Gasteiger partial charge >= 0.3 is 0 Å². The summed E-state index contributed by atoms with van der Waals surface area (Å²) in [6.45, 7) is 10.7.